The average molecular weight is 324 g/mol. The Morgan fingerprint density at radius 3 is 2.71 bits per heavy atom. The lowest BCUT2D eigenvalue weighted by Crippen LogP contribution is -2.44. The molecule has 3 aromatic rings. The highest BCUT2D eigenvalue weighted by Gasteiger charge is 2.25. The summed E-state index contributed by atoms with van der Waals surface area (Å²) in [6, 6.07) is 2.43. The standard InChI is InChI=1S/C16H20N8/c1-22-9-13-15(21-22)19-11-20-16(13)24-7-4-12(5-8-24)23(2)14-3-6-17-10-18-14/h3,6,9-12H,4-5,7-8H2,1-2H3. The van der Waals surface area contributed by atoms with E-state index in [2.05, 4.69) is 41.9 Å². The van der Waals surface area contributed by atoms with Crippen LogP contribution >= 0.6 is 0 Å². The van der Waals surface area contributed by atoms with E-state index in [0.29, 0.717) is 6.04 Å². The third-order valence-electron chi connectivity index (χ3n) is 4.65. The zero-order valence-electron chi connectivity index (χ0n) is 13.9. The van der Waals surface area contributed by atoms with Gasteiger partial charge in [-0.25, -0.2) is 19.9 Å². The molecule has 0 spiro atoms. The van der Waals surface area contributed by atoms with Crippen molar-refractivity contribution in [2.45, 2.75) is 18.9 Å². The third kappa shape index (κ3) is 2.64. The van der Waals surface area contributed by atoms with Crippen LogP contribution in [0, 0.1) is 0 Å². The number of hydrogen-bond acceptors (Lipinski definition) is 7. The number of aromatic nitrogens is 6. The van der Waals surface area contributed by atoms with E-state index < -0.39 is 0 Å². The monoisotopic (exact) mass is 324 g/mol. The Balaban J connectivity index is 1.49. The van der Waals surface area contributed by atoms with Gasteiger partial charge in [-0.2, -0.15) is 5.10 Å². The number of fused-ring (bicyclic) bond motifs is 1. The first-order valence-electron chi connectivity index (χ1n) is 8.10. The summed E-state index contributed by atoms with van der Waals surface area (Å²) in [6.45, 7) is 1.92. The molecule has 0 unspecified atom stereocenters. The highest BCUT2D eigenvalue weighted by molar-refractivity contribution is 5.86. The van der Waals surface area contributed by atoms with Gasteiger partial charge in [-0.15, -0.1) is 0 Å². The van der Waals surface area contributed by atoms with Crippen LogP contribution in [0.5, 0.6) is 0 Å². The maximum atomic E-state index is 4.50. The van der Waals surface area contributed by atoms with E-state index in [1.165, 1.54) is 0 Å². The molecule has 0 bridgehead atoms. The molecule has 8 nitrogen and oxygen atoms in total. The van der Waals surface area contributed by atoms with Gasteiger partial charge in [-0.3, -0.25) is 4.68 Å². The molecule has 124 valence electrons. The molecular weight excluding hydrogens is 304 g/mol. The smallest absolute Gasteiger partial charge is 0.186 e. The van der Waals surface area contributed by atoms with Crippen molar-refractivity contribution in [3.63, 3.8) is 0 Å². The molecule has 1 saturated heterocycles. The molecule has 0 saturated carbocycles. The first-order chi connectivity index (χ1) is 11.7. The topological polar surface area (TPSA) is 75.9 Å². The fourth-order valence-electron chi connectivity index (χ4n) is 3.33. The van der Waals surface area contributed by atoms with Gasteiger partial charge in [-0.1, -0.05) is 0 Å². The minimum absolute atomic E-state index is 0.474. The minimum Gasteiger partial charge on any atom is -0.356 e. The van der Waals surface area contributed by atoms with E-state index in [1.807, 2.05) is 19.3 Å². The van der Waals surface area contributed by atoms with Gasteiger partial charge in [0, 0.05) is 45.6 Å². The summed E-state index contributed by atoms with van der Waals surface area (Å²) in [5.74, 6) is 1.95. The molecule has 0 atom stereocenters. The number of hydrogen-bond donors (Lipinski definition) is 0. The summed E-state index contributed by atoms with van der Waals surface area (Å²) >= 11 is 0. The Morgan fingerprint density at radius 2 is 1.96 bits per heavy atom. The summed E-state index contributed by atoms with van der Waals surface area (Å²) in [6.07, 6.45) is 9.10. The van der Waals surface area contributed by atoms with E-state index in [9.17, 15) is 0 Å². The molecular formula is C16H20N8. The van der Waals surface area contributed by atoms with Crippen molar-refractivity contribution < 1.29 is 0 Å². The highest BCUT2D eigenvalue weighted by atomic mass is 15.3. The normalized spacial score (nSPS) is 15.8. The lowest BCUT2D eigenvalue weighted by molar-refractivity contribution is 0.478. The predicted molar refractivity (Wildman–Crippen MR) is 92.0 cm³/mol. The van der Waals surface area contributed by atoms with Crippen molar-refractivity contribution in [2.24, 2.45) is 7.05 Å². The van der Waals surface area contributed by atoms with Gasteiger partial charge in [0.05, 0.1) is 5.39 Å². The Morgan fingerprint density at radius 1 is 1.12 bits per heavy atom. The number of piperidine rings is 1. The summed E-state index contributed by atoms with van der Waals surface area (Å²) < 4.78 is 1.79. The zero-order valence-corrected chi connectivity index (χ0v) is 13.9. The van der Waals surface area contributed by atoms with Crippen molar-refractivity contribution in [3.8, 4) is 0 Å². The molecule has 3 aromatic heterocycles. The number of anilines is 2. The van der Waals surface area contributed by atoms with Crippen LogP contribution in [0.3, 0.4) is 0 Å². The maximum Gasteiger partial charge on any atom is 0.186 e. The van der Waals surface area contributed by atoms with Gasteiger partial charge < -0.3 is 9.80 Å². The summed E-state index contributed by atoms with van der Waals surface area (Å²) in [7, 11) is 4.01. The molecule has 0 aromatic carbocycles. The van der Waals surface area contributed by atoms with Crippen molar-refractivity contribution in [1.29, 1.82) is 0 Å². The Bertz CT molecular complexity index is 822. The predicted octanol–water partition coefficient (Wildman–Crippen LogP) is 1.26. The molecule has 4 rings (SSSR count). The molecule has 24 heavy (non-hydrogen) atoms. The number of nitrogens with zero attached hydrogens (tertiary/aromatic N) is 8. The summed E-state index contributed by atoms with van der Waals surface area (Å²) in [5, 5.41) is 5.38. The average Bonchev–Trinajstić information content (AvgIpc) is 3.02. The molecule has 1 fully saturated rings. The first-order valence-corrected chi connectivity index (χ1v) is 8.10. The van der Waals surface area contributed by atoms with Gasteiger partial charge in [0.1, 0.15) is 24.3 Å². The van der Waals surface area contributed by atoms with Gasteiger partial charge >= 0.3 is 0 Å². The second-order valence-electron chi connectivity index (χ2n) is 6.13. The second kappa shape index (κ2) is 6.03. The molecule has 0 amide bonds. The van der Waals surface area contributed by atoms with Gasteiger partial charge in [0.15, 0.2) is 5.65 Å². The second-order valence-corrected chi connectivity index (χ2v) is 6.13. The van der Waals surface area contributed by atoms with Crippen LogP contribution in [0.1, 0.15) is 12.8 Å². The Hall–Kier alpha value is -2.77. The van der Waals surface area contributed by atoms with Crippen LogP contribution in [0.25, 0.3) is 11.0 Å². The number of aryl methyl sites for hydroxylation is 1. The molecule has 1 aliphatic rings. The van der Waals surface area contributed by atoms with Crippen LogP contribution in [-0.4, -0.2) is 55.9 Å². The SMILES string of the molecule is CN(c1ccncn1)C1CCN(c2ncnc3nn(C)cc23)CC1. The quantitative estimate of drug-likeness (QED) is 0.718. The number of rotatable bonds is 3. The van der Waals surface area contributed by atoms with E-state index >= 15 is 0 Å². The third-order valence-corrected chi connectivity index (χ3v) is 4.65. The Labute approximate surface area is 140 Å². The molecule has 0 aliphatic carbocycles. The van der Waals surface area contributed by atoms with E-state index in [4.69, 9.17) is 0 Å². The molecule has 8 heteroatoms. The van der Waals surface area contributed by atoms with Crippen molar-refractivity contribution >= 4 is 22.7 Å². The van der Waals surface area contributed by atoms with Crippen LogP contribution in [0.2, 0.25) is 0 Å². The lowest BCUT2D eigenvalue weighted by atomic mass is 10.0. The van der Waals surface area contributed by atoms with Crippen molar-refractivity contribution in [2.75, 3.05) is 29.9 Å². The summed E-state index contributed by atoms with van der Waals surface area (Å²) in [4.78, 5) is 21.7. The maximum absolute atomic E-state index is 4.50. The van der Waals surface area contributed by atoms with Gasteiger partial charge in [0.25, 0.3) is 0 Å². The van der Waals surface area contributed by atoms with Gasteiger partial charge in [-0.05, 0) is 18.9 Å². The van der Waals surface area contributed by atoms with E-state index in [-0.39, 0.29) is 0 Å². The Kier molecular flexibility index (Phi) is 3.72. The fraction of sp³-hybridized carbons (Fsp3) is 0.438. The fourth-order valence-corrected chi connectivity index (χ4v) is 3.33. The summed E-state index contributed by atoms with van der Waals surface area (Å²) in [5.41, 5.74) is 0.753. The minimum atomic E-state index is 0.474. The molecule has 1 aliphatic heterocycles. The molecule has 0 radical (unpaired) electrons. The van der Waals surface area contributed by atoms with Crippen LogP contribution < -0.4 is 9.80 Å². The van der Waals surface area contributed by atoms with Crippen molar-refractivity contribution in [1.82, 2.24) is 29.7 Å². The molecule has 4 heterocycles. The first kappa shape index (κ1) is 14.8. The van der Waals surface area contributed by atoms with E-state index in [1.54, 1.807) is 23.5 Å². The largest absolute Gasteiger partial charge is 0.356 e. The van der Waals surface area contributed by atoms with Crippen LogP contribution in [-0.2, 0) is 7.05 Å². The zero-order chi connectivity index (χ0) is 16.5. The van der Waals surface area contributed by atoms with Crippen molar-refractivity contribution in [3.05, 3.63) is 31.1 Å². The lowest BCUT2D eigenvalue weighted by Gasteiger charge is -2.37. The van der Waals surface area contributed by atoms with Gasteiger partial charge in [0.2, 0.25) is 0 Å². The molecule has 0 N–H and O–H groups in total. The highest BCUT2D eigenvalue weighted by Crippen LogP contribution is 2.27. The van der Waals surface area contributed by atoms with E-state index in [0.717, 1.165) is 48.6 Å². The van der Waals surface area contributed by atoms with Crippen LogP contribution in [0.15, 0.2) is 31.1 Å². The van der Waals surface area contributed by atoms with Crippen LogP contribution in [0.4, 0.5) is 11.6 Å².